The molecule has 1 atom stereocenters. The van der Waals surface area contributed by atoms with E-state index < -0.39 is 0 Å². The lowest BCUT2D eigenvalue weighted by Gasteiger charge is -2.20. The van der Waals surface area contributed by atoms with E-state index in [-0.39, 0.29) is 11.8 Å². The molecule has 1 aliphatic heterocycles. The van der Waals surface area contributed by atoms with Gasteiger partial charge in [0.1, 0.15) is 0 Å². The number of para-hydroxylation sites is 1. The van der Waals surface area contributed by atoms with Crippen LogP contribution in [-0.2, 0) is 17.9 Å². The summed E-state index contributed by atoms with van der Waals surface area (Å²) in [6.07, 6.45) is 5.13. The molecule has 0 spiro atoms. The average molecular weight is 297 g/mol. The van der Waals surface area contributed by atoms with Crippen molar-refractivity contribution < 1.29 is 4.79 Å². The minimum Gasteiger partial charge on any atom is -0.332 e. The van der Waals surface area contributed by atoms with Gasteiger partial charge in [0.05, 0.1) is 24.1 Å². The number of benzene rings is 1. The van der Waals surface area contributed by atoms with E-state index in [0.29, 0.717) is 13.1 Å². The number of hydrogen-bond acceptors (Lipinski definition) is 2. The molecule has 0 saturated carbocycles. The van der Waals surface area contributed by atoms with Gasteiger partial charge in [-0.05, 0) is 18.6 Å². The van der Waals surface area contributed by atoms with Gasteiger partial charge in [-0.3, -0.25) is 4.79 Å². The quantitative estimate of drug-likeness (QED) is 0.846. The maximum Gasteiger partial charge on any atom is 0.226 e. The zero-order valence-corrected chi connectivity index (χ0v) is 13.3. The van der Waals surface area contributed by atoms with Gasteiger partial charge < -0.3 is 4.90 Å². The topological polar surface area (TPSA) is 38.1 Å². The van der Waals surface area contributed by atoms with Crippen molar-refractivity contribution in [3.63, 3.8) is 0 Å². The molecule has 2 aromatic rings. The molecule has 1 aromatic carbocycles. The van der Waals surface area contributed by atoms with Crippen LogP contribution in [0.15, 0.2) is 36.5 Å². The minimum absolute atomic E-state index is 0.113. The van der Waals surface area contributed by atoms with E-state index in [2.05, 4.69) is 12.0 Å². The predicted octanol–water partition coefficient (Wildman–Crippen LogP) is 3.54. The standard InChI is InChI=1S/C18H23N3O/c1-3-4-8-14(2)18(22)20-12-15-11-19-21(17(15)13-20)16-9-6-5-7-10-16/h5-7,9-11,14H,3-4,8,12-13H2,1-2H3/t14-/m1/s1. The first-order chi connectivity index (χ1) is 10.7. The fourth-order valence-corrected chi connectivity index (χ4v) is 3.04. The first-order valence-electron chi connectivity index (χ1n) is 8.10. The molecular weight excluding hydrogens is 274 g/mol. The Morgan fingerprint density at radius 2 is 2.05 bits per heavy atom. The highest BCUT2D eigenvalue weighted by Crippen LogP contribution is 2.27. The average Bonchev–Trinajstić information content (AvgIpc) is 3.13. The van der Waals surface area contributed by atoms with Gasteiger partial charge in [0, 0.05) is 18.0 Å². The van der Waals surface area contributed by atoms with Crippen molar-refractivity contribution >= 4 is 5.91 Å². The molecule has 0 aliphatic carbocycles. The molecule has 2 heterocycles. The van der Waals surface area contributed by atoms with E-state index in [1.165, 1.54) is 5.56 Å². The summed E-state index contributed by atoms with van der Waals surface area (Å²) >= 11 is 0. The first-order valence-corrected chi connectivity index (χ1v) is 8.10. The zero-order valence-electron chi connectivity index (χ0n) is 13.3. The molecule has 3 rings (SSSR count). The Bertz CT molecular complexity index is 648. The number of amides is 1. The van der Waals surface area contributed by atoms with E-state index in [1.54, 1.807) is 0 Å². The van der Waals surface area contributed by atoms with E-state index in [4.69, 9.17) is 0 Å². The highest BCUT2D eigenvalue weighted by atomic mass is 16.2. The Morgan fingerprint density at radius 3 is 2.77 bits per heavy atom. The fourth-order valence-electron chi connectivity index (χ4n) is 3.04. The molecule has 0 N–H and O–H groups in total. The van der Waals surface area contributed by atoms with Gasteiger partial charge in [0.2, 0.25) is 5.91 Å². The van der Waals surface area contributed by atoms with Crippen LogP contribution in [0.3, 0.4) is 0 Å². The molecule has 0 fully saturated rings. The maximum absolute atomic E-state index is 12.6. The van der Waals surface area contributed by atoms with Gasteiger partial charge in [-0.25, -0.2) is 4.68 Å². The van der Waals surface area contributed by atoms with Gasteiger partial charge in [-0.2, -0.15) is 5.10 Å². The van der Waals surface area contributed by atoms with Gasteiger partial charge in [-0.15, -0.1) is 0 Å². The minimum atomic E-state index is 0.113. The van der Waals surface area contributed by atoms with Crippen LogP contribution in [-0.4, -0.2) is 20.6 Å². The zero-order chi connectivity index (χ0) is 15.5. The molecule has 1 aliphatic rings. The molecule has 116 valence electrons. The van der Waals surface area contributed by atoms with Crippen LogP contribution in [0.5, 0.6) is 0 Å². The van der Waals surface area contributed by atoms with Crippen molar-refractivity contribution in [2.75, 3.05) is 0 Å². The Balaban J connectivity index is 1.74. The van der Waals surface area contributed by atoms with Crippen molar-refractivity contribution in [2.45, 2.75) is 46.2 Å². The van der Waals surface area contributed by atoms with Crippen LogP contribution in [0, 0.1) is 5.92 Å². The second-order valence-electron chi connectivity index (χ2n) is 6.10. The smallest absolute Gasteiger partial charge is 0.226 e. The lowest BCUT2D eigenvalue weighted by molar-refractivity contribution is -0.135. The first kappa shape index (κ1) is 14.8. The number of carbonyl (C=O) groups is 1. The van der Waals surface area contributed by atoms with Gasteiger partial charge in [0.25, 0.3) is 0 Å². The van der Waals surface area contributed by atoms with Crippen LogP contribution in [0.1, 0.15) is 44.4 Å². The SMILES string of the molecule is CCCC[C@@H](C)C(=O)N1Cc2cnn(-c3ccccc3)c2C1. The Labute approximate surface area is 131 Å². The monoisotopic (exact) mass is 297 g/mol. The van der Waals surface area contributed by atoms with Crippen LogP contribution < -0.4 is 0 Å². The molecule has 4 heteroatoms. The summed E-state index contributed by atoms with van der Waals surface area (Å²) in [7, 11) is 0. The third kappa shape index (κ3) is 2.78. The van der Waals surface area contributed by atoms with Crippen LogP contribution in [0.2, 0.25) is 0 Å². The van der Waals surface area contributed by atoms with Gasteiger partial charge >= 0.3 is 0 Å². The largest absolute Gasteiger partial charge is 0.332 e. The molecular formula is C18H23N3O. The second kappa shape index (κ2) is 6.34. The number of rotatable bonds is 5. The molecule has 4 nitrogen and oxygen atoms in total. The third-order valence-electron chi connectivity index (χ3n) is 4.38. The fraction of sp³-hybridized carbons (Fsp3) is 0.444. The highest BCUT2D eigenvalue weighted by Gasteiger charge is 2.29. The second-order valence-corrected chi connectivity index (χ2v) is 6.10. The van der Waals surface area contributed by atoms with E-state index >= 15 is 0 Å². The van der Waals surface area contributed by atoms with Crippen LogP contribution >= 0.6 is 0 Å². The number of unbranched alkanes of at least 4 members (excludes halogenated alkanes) is 1. The van der Waals surface area contributed by atoms with Crippen molar-refractivity contribution in [1.82, 2.24) is 14.7 Å². The van der Waals surface area contributed by atoms with Gasteiger partial charge in [-0.1, -0.05) is 44.9 Å². The number of nitrogens with zero attached hydrogens (tertiary/aromatic N) is 3. The number of hydrogen-bond donors (Lipinski definition) is 0. The van der Waals surface area contributed by atoms with Gasteiger partial charge in [0.15, 0.2) is 0 Å². The summed E-state index contributed by atoms with van der Waals surface area (Å²) in [6, 6.07) is 10.1. The summed E-state index contributed by atoms with van der Waals surface area (Å²) in [4.78, 5) is 14.5. The van der Waals surface area contributed by atoms with E-state index in [1.807, 2.05) is 53.0 Å². The van der Waals surface area contributed by atoms with Crippen LogP contribution in [0.25, 0.3) is 5.69 Å². The summed E-state index contributed by atoms with van der Waals surface area (Å²) in [6.45, 7) is 5.57. The molecule has 0 bridgehead atoms. The number of aromatic nitrogens is 2. The normalized spacial score (nSPS) is 14.9. The summed E-state index contributed by atoms with van der Waals surface area (Å²) < 4.78 is 1.96. The predicted molar refractivity (Wildman–Crippen MR) is 86.5 cm³/mol. The lowest BCUT2D eigenvalue weighted by Crippen LogP contribution is -2.31. The summed E-state index contributed by atoms with van der Waals surface area (Å²) in [5.41, 5.74) is 3.36. The van der Waals surface area contributed by atoms with E-state index in [9.17, 15) is 4.79 Å². The lowest BCUT2D eigenvalue weighted by atomic mass is 10.0. The molecule has 0 radical (unpaired) electrons. The summed E-state index contributed by atoms with van der Waals surface area (Å²) in [5.74, 6) is 0.381. The summed E-state index contributed by atoms with van der Waals surface area (Å²) in [5, 5.41) is 4.47. The van der Waals surface area contributed by atoms with Crippen molar-refractivity contribution in [3.8, 4) is 5.69 Å². The Hall–Kier alpha value is -2.10. The number of carbonyl (C=O) groups excluding carboxylic acids is 1. The molecule has 0 unspecified atom stereocenters. The molecule has 22 heavy (non-hydrogen) atoms. The number of fused-ring (bicyclic) bond motifs is 1. The van der Waals surface area contributed by atoms with Crippen LogP contribution in [0.4, 0.5) is 0 Å². The van der Waals surface area contributed by atoms with Crippen molar-refractivity contribution in [2.24, 2.45) is 5.92 Å². The third-order valence-corrected chi connectivity index (χ3v) is 4.38. The molecule has 1 amide bonds. The highest BCUT2D eigenvalue weighted by molar-refractivity contribution is 5.79. The maximum atomic E-state index is 12.6. The molecule has 1 aromatic heterocycles. The van der Waals surface area contributed by atoms with Crippen molar-refractivity contribution in [3.05, 3.63) is 47.8 Å². The molecule has 0 saturated heterocycles. The Morgan fingerprint density at radius 1 is 1.27 bits per heavy atom. The van der Waals surface area contributed by atoms with E-state index in [0.717, 1.165) is 30.6 Å². The van der Waals surface area contributed by atoms with Crippen molar-refractivity contribution in [1.29, 1.82) is 0 Å². The Kier molecular flexibility index (Phi) is 4.27.